The summed E-state index contributed by atoms with van der Waals surface area (Å²) in [6, 6.07) is 10.6. The highest BCUT2D eigenvalue weighted by Gasteiger charge is 2.13. The molecule has 21 heavy (non-hydrogen) atoms. The Morgan fingerprint density at radius 1 is 1.29 bits per heavy atom. The fourth-order valence-corrected chi connectivity index (χ4v) is 3.05. The SMILES string of the molecule is CSc1ccccc1NC(=O)COC(=O)c1ccc(Cl)s1. The number of esters is 1. The molecule has 0 aliphatic heterocycles. The molecule has 2 rings (SSSR count). The molecule has 0 atom stereocenters. The number of thiophene rings is 1. The van der Waals surface area contributed by atoms with Crippen molar-refractivity contribution in [2.75, 3.05) is 18.2 Å². The third kappa shape index (κ3) is 4.49. The fraction of sp³-hybridized carbons (Fsp3) is 0.143. The number of anilines is 1. The van der Waals surface area contributed by atoms with Crippen LogP contribution in [0.3, 0.4) is 0 Å². The van der Waals surface area contributed by atoms with E-state index in [0.717, 1.165) is 16.2 Å². The van der Waals surface area contributed by atoms with E-state index in [1.54, 1.807) is 18.2 Å². The number of hydrogen-bond donors (Lipinski definition) is 1. The number of benzene rings is 1. The lowest BCUT2D eigenvalue weighted by Gasteiger charge is -2.09. The average molecular weight is 342 g/mol. The van der Waals surface area contributed by atoms with Crippen molar-refractivity contribution in [3.8, 4) is 0 Å². The number of amides is 1. The van der Waals surface area contributed by atoms with E-state index in [-0.39, 0.29) is 12.5 Å². The van der Waals surface area contributed by atoms with Gasteiger partial charge in [0.15, 0.2) is 6.61 Å². The molecule has 110 valence electrons. The zero-order valence-electron chi connectivity index (χ0n) is 11.1. The zero-order valence-corrected chi connectivity index (χ0v) is 13.5. The summed E-state index contributed by atoms with van der Waals surface area (Å²) < 4.78 is 5.44. The van der Waals surface area contributed by atoms with Crippen LogP contribution in [0.2, 0.25) is 4.34 Å². The van der Waals surface area contributed by atoms with E-state index in [4.69, 9.17) is 16.3 Å². The largest absolute Gasteiger partial charge is 0.451 e. The summed E-state index contributed by atoms with van der Waals surface area (Å²) in [5.74, 6) is -0.937. The molecule has 7 heteroatoms. The van der Waals surface area contributed by atoms with Crippen molar-refractivity contribution in [1.82, 2.24) is 0 Å². The van der Waals surface area contributed by atoms with E-state index >= 15 is 0 Å². The lowest BCUT2D eigenvalue weighted by atomic mass is 10.3. The highest BCUT2D eigenvalue weighted by atomic mass is 35.5. The molecular formula is C14H12ClNO3S2. The number of halogens is 1. The summed E-state index contributed by atoms with van der Waals surface area (Å²) in [5.41, 5.74) is 0.699. The van der Waals surface area contributed by atoms with E-state index < -0.39 is 5.97 Å². The molecule has 0 unspecified atom stereocenters. The summed E-state index contributed by atoms with van der Waals surface area (Å²) in [5, 5.41) is 2.71. The maximum Gasteiger partial charge on any atom is 0.348 e. The second-order valence-corrected chi connectivity index (χ2v) is 6.49. The van der Waals surface area contributed by atoms with Gasteiger partial charge in [-0.25, -0.2) is 4.79 Å². The minimum absolute atomic E-state index is 0.336. The van der Waals surface area contributed by atoms with Crippen LogP contribution in [0.4, 0.5) is 5.69 Å². The standard InChI is InChI=1S/C14H12ClNO3S2/c1-20-10-5-3-2-4-9(10)16-13(17)8-19-14(18)11-6-7-12(15)21-11/h2-7H,8H2,1H3,(H,16,17). The number of thioether (sulfide) groups is 1. The predicted molar refractivity (Wildman–Crippen MR) is 86.5 cm³/mol. The van der Waals surface area contributed by atoms with Crippen LogP contribution in [-0.4, -0.2) is 24.7 Å². The number of nitrogens with one attached hydrogen (secondary N) is 1. The number of carbonyl (C=O) groups is 2. The monoisotopic (exact) mass is 341 g/mol. The van der Waals surface area contributed by atoms with E-state index in [9.17, 15) is 9.59 Å². The quantitative estimate of drug-likeness (QED) is 0.661. The van der Waals surface area contributed by atoms with Gasteiger partial charge in [0.25, 0.3) is 5.91 Å². The summed E-state index contributed by atoms with van der Waals surface area (Å²) >= 11 is 8.38. The number of hydrogen-bond acceptors (Lipinski definition) is 5. The molecule has 0 bridgehead atoms. The van der Waals surface area contributed by atoms with E-state index in [0.29, 0.717) is 14.9 Å². The molecule has 1 aromatic carbocycles. The predicted octanol–water partition coefficient (Wildman–Crippen LogP) is 3.92. The van der Waals surface area contributed by atoms with Gasteiger partial charge in [0.05, 0.1) is 10.0 Å². The van der Waals surface area contributed by atoms with Crippen molar-refractivity contribution in [2.45, 2.75) is 4.90 Å². The summed E-state index contributed by atoms with van der Waals surface area (Å²) in [4.78, 5) is 24.8. The smallest absolute Gasteiger partial charge is 0.348 e. The topological polar surface area (TPSA) is 55.4 Å². The third-order valence-corrected chi connectivity index (χ3v) is 4.50. The number of carbonyl (C=O) groups excluding carboxylic acids is 2. The first-order chi connectivity index (χ1) is 10.1. The van der Waals surface area contributed by atoms with Crippen LogP contribution in [0.5, 0.6) is 0 Å². The normalized spacial score (nSPS) is 10.2. The highest BCUT2D eigenvalue weighted by Crippen LogP contribution is 2.24. The van der Waals surface area contributed by atoms with Crippen LogP contribution in [0.1, 0.15) is 9.67 Å². The third-order valence-electron chi connectivity index (χ3n) is 2.49. The van der Waals surface area contributed by atoms with Crippen LogP contribution >= 0.6 is 34.7 Å². The Labute approximate surface area is 135 Å². The minimum atomic E-state index is -0.555. The molecule has 4 nitrogen and oxygen atoms in total. The molecule has 1 aromatic heterocycles. The van der Waals surface area contributed by atoms with Gasteiger partial charge in [-0.15, -0.1) is 23.1 Å². The second-order valence-electron chi connectivity index (χ2n) is 3.93. The Morgan fingerprint density at radius 2 is 2.05 bits per heavy atom. The van der Waals surface area contributed by atoms with Crippen molar-refractivity contribution in [3.63, 3.8) is 0 Å². The highest BCUT2D eigenvalue weighted by molar-refractivity contribution is 7.98. The van der Waals surface area contributed by atoms with Crippen molar-refractivity contribution in [3.05, 3.63) is 45.6 Å². The molecule has 1 heterocycles. The van der Waals surface area contributed by atoms with Gasteiger partial charge < -0.3 is 10.1 Å². The van der Waals surface area contributed by atoms with Gasteiger partial charge in [0.1, 0.15) is 4.88 Å². The summed E-state index contributed by atoms with van der Waals surface area (Å²) in [7, 11) is 0. The van der Waals surface area contributed by atoms with Crippen LogP contribution in [0.15, 0.2) is 41.3 Å². The fourth-order valence-electron chi connectivity index (χ4n) is 1.56. The maximum atomic E-state index is 11.8. The Balaban J connectivity index is 1.89. The first-order valence-corrected chi connectivity index (χ1v) is 8.37. The molecule has 0 fully saturated rings. The van der Waals surface area contributed by atoms with Crippen molar-refractivity contribution < 1.29 is 14.3 Å². The lowest BCUT2D eigenvalue weighted by molar-refractivity contribution is -0.119. The first-order valence-electron chi connectivity index (χ1n) is 5.95. The van der Waals surface area contributed by atoms with Gasteiger partial charge in [-0.1, -0.05) is 23.7 Å². The van der Waals surface area contributed by atoms with Crippen molar-refractivity contribution in [1.29, 1.82) is 0 Å². The van der Waals surface area contributed by atoms with E-state index in [1.165, 1.54) is 11.8 Å². The van der Waals surface area contributed by atoms with Crippen molar-refractivity contribution in [2.24, 2.45) is 0 Å². The Kier molecular flexibility index (Phi) is 5.67. The number of ether oxygens (including phenoxy) is 1. The van der Waals surface area contributed by atoms with Gasteiger partial charge in [-0.3, -0.25) is 4.79 Å². The Bertz CT molecular complexity index is 657. The van der Waals surface area contributed by atoms with E-state index in [2.05, 4.69) is 5.32 Å². The minimum Gasteiger partial charge on any atom is -0.451 e. The molecule has 1 N–H and O–H groups in total. The Hall–Kier alpha value is -1.50. The first kappa shape index (κ1) is 15.9. The van der Waals surface area contributed by atoms with Gasteiger partial charge in [0, 0.05) is 4.90 Å². The van der Waals surface area contributed by atoms with Gasteiger partial charge in [0.2, 0.25) is 0 Å². The average Bonchev–Trinajstić information content (AvgIpc) is 2.92. The molecular weight excluding hydrogens is 330 g/mol. The van der Waals surface area contributed by atoms with Crippen molar-refractivity contribution >= 4 is 52.3 Å². The molecule has 0 saturated carbocycles. The van der Waals surface area contributed by atoms with Crippen LogP contribution in [0.25, 0.3) is 0 Å². The molecule has 0 radical (unpaired) electrons. The van der Waals surface area contributed by atoms with Crippen LogP contribution < -0.4 is 5.32 Å². The summed E-state index contributed by atoms with van der Waals surface area (Å²) in [6.45, 7) is -0.336. The second kappa shape index (κ2) is 7.49. The molecule has 0 spiro atoms. The van der Waals surface area contributed by atoms with Gasteiger partial charge >= 0.3 is 5.97 Å². The number of rotatable bonds is 5. The molecule has 0 aliphatic carbocycles. The maximum absolute atomic E-state index is 11.8. The van der Waals surface area contributed by atoms with E-state index in [1.807, 2.05) is 24.5 Å². The lowest BCUT2D eigenvalue weighted by Crippen LogP contribution is -2.20. The summed E-state index contributed by atoms with van der Waals surface area (Å²) in [6.07, 6.45) is 1.92. The van der Waals surface area contributed by atoms with Crippen LogP contribution in [0, 0.1) is 0 Å². The van der Waals surface area contributed by atoms with Crippen LogP contribution in [-0.2, 0) is 9.53 Å². The number of para-hydroxylation sites is 1. The molecule has 0 saturated heterocycles. The Morgan fingerprint density at radius 3 is 2.71 bits per heavy atom. The van der Waals surface area contributed by atoms with Gasteiger partial charge in [-0.2, -0.15) is 0 Å². The molecule has 2 aromatic rings. The molecule has 0 aliphatic rings. The molecule has 1 amide bonds. The zero-order chi connectivity index (χ0) is 15.2. The van der Waals surface area contributed by atoms with Gasteiger partial charge in [-0.05, 0) is 30.5 Å².